The highest BCUT2D eigenvalue weighted by atomic mass is 35.5. The van der Waals surface area contributed by atoms with E-state index in [1.165, 1.54) is 18.2 Å². The SMILES string of the molecule is NCCCOc1ccc(-c2cc(C(F)(F)F)n[nH]2)c(O)c1-c1ccc(Cl)c(C(F)(F)F)c1. The first-order chi connectivity index (χ1) is 14.9. The maximum atomic E-state index is 13.3. The molecular weight excluding hydrogens is 464 g/mol. The van der Waals surface area contributed by atoms with Crippen LogP contribution in [-0.4, -0.2) is 28.5 Å². The number of H-pyrrole nitrogens is 1. The van der Waals surface area contributed by atoms with Crippen LogP contribution < -0.4 is 10.5 Å². The minimum absolute atomic E-state index is 0.0192. The second-order valence-electron chi connectivity index (χ2n) is 6.68. The number of nitrogens with two attached hydrogens (primary N) is 1. The number of nitrogens with one attached hydrogen (secondary N) is 1. The van der Waals surface area contributed by atoms with Crippen molar-refractivity contribution in [2.24, 2.45) is 5.73 Å². The Labute approximate surface area is 182 Å². The Hall–Kier alpha value is -2.92. The summed E-state index contributed by atoms with van der Waals surface area (Å²) in [6, 6.07) is 6.25. The quantitative estimate of drug-likeness (QED) is 0.305. The first-order valence-corrected chi connectivity index (χ1v) is 9.50. The van der Waals surface area contributed by atoms with Gasteiger partial charge in [-0.15, -0.1) is 0 Å². The van der Waals surface area contributed by atoms with Gasteiger partial charge in [0, 0.05) is 5.56 Å². The van der Waals surface area contributed by atoms with Crippen LogP contribution in [0.2, 0.25) is 5.02 Å². The lowest BCUT2D eigenvalue weighted by molar-refractivity contribution is -0.141. The molecule has 0 spiro atoms. The van der Waals surface area contributed by atoms with Crippen LogP contribution in [0, 0.1) is 0 Å². The van der Waals surface area contributed by atoms with E-state index in [0.29, 0.717) is 12.5 Å². The second kappa shape index (κ2) is 8.91. The summed E-state index contributed by atoms with van der Waals surface area (Å²) in [6.45, 7) is 0.386. The lowest BCUT2D eigenvalue weighted by Gasteiger charge is -2.17. The first-order valence-electron chi connectivity index (χ1n) is 9.12. The van der Waals surface area contributed by atoms with Crippen molar-refractivity contribution in [2.75, 3.05) is 13.2 Å². The van der Waals surface area contributed by atoms with Crippen LogP contribution in [0.15, 0.2) is 36.4 Å². The average Bonchev–Trinajstić information content (AvgIpc) is 3.19. The molecule has 0 bridgehead atoms. The summed E-state index contributed by atoms with van der Waals surface area (Å²) in [7, 11) is 0. The van der Waals surface area contributed by atoms with E-state index in [2.05, 4.69) is 10.2 Å². The van der Waals surface area contributed by atoms with E-state index in [9.17, 15) is 31.4 Å². The van der Waals surface area contributed by atoms with Gasteiger partial charge in [0.25, 0.3) is 0 Å². The monoisotopic (exact) mass is 479 g/mol. The number of rotatable bonds is 6. The Morgan fingerprint density at radius 3 is 2.34 bits per heavy atom. The molecule has 0 fully saturated rings. The molecule has 0 unspecified atom stereocenters. The largest absolute Gasteiger partial charge is 0.506 e. The van der Waals surface area contributed by atoms with Crippen molar-refractivity contribution in [2.45, 2.75) is 18.8 Å². The van der Waals surface area contributed by atoms with E-state index < -0.39 is 34.4 Å². The zero-order valence-electron chi connectivity index (χ0n) is 16.1. The molecule has 0 aliphatic heterocycles. The Balaban J connectivity index is 2.18. The van der Waals surface area contributed by atoms with Gasteiger partial charge < -0.3 is 15.6 Å². The fourth-order valence-electron chi connectivity index (χ4n) is 2.96. The number of alkyl halides is 6. The zero-order chi connectivity index (χ0) is 23.7. The Morgan fingerprint density at radius 2 is 1.75 bits per heavy atom. The molecule has 1 heterocycles. The molecule has 0 atom stereocenters. The molecule has 0 aliphatic rings. The summed E-state index contributed by atoms with van der Waals surface area (Å²) < 4.78 is 84.3. The van der Waals surface area contributed by atoms with Crippen LogP contribution in [0.4, 0.5) is 26.3 Å². The van der Waals surface area contributed by atoms with Crippen LogP contribution in [0.1, 0.15) is 17.7 Å². The van der Waals surface area contributed by atoms with Crippen LogP contribution >= 0.6 is 11.6 Å². The standard InChI is InChI=1S/C20H16ClF6N3O2/c21-13-4-2-10(8-12(13)19(22,23)24)17-15(32-7-1-6-28)5-3-11(18(17)31)14-9-16(30-29-14)20(25,26)27/h2-5,8-9,31H,1,6-7,28H2,(H,29,30). The normalized spacial score (nSPS) is 12.2. The van der Waals surface area contributed by atoms with Gasteiger partial charge in [0.05, 0.1) is 28.5 Å². The number of hydrogen-bond donors (Lipinski definition) is 3. The van der Waals surface area contributed by atoms with Crippen LogP contribution in [0.3, 0.4) is 0 Å². The van der Waals surface area contributed by atoms with Gasteiger partial charge in [0.1, 0.15) is 11.5 Å². The maximum absolute atomic E-state index is 13.3. The van der Waals surface area contributed by atoms with E-state index in [1.54, 1.807) is 0 Å². The highest BCUT2D eigenvalue weighted by molar-refractivity contribution is 6.31. The van der Waals surface area contributed by atoms with Crippen molar-refractivity contribution in [1.29, 1.82) is 0 Å². The van der Waals surface area contributed by atoms with E-state index in [4.69, 9.17) is 22.1 Å². The fourth-order valence-corrected chi connectivity index (χ4v) is 3.18. The molecule has 0 aliphatic carbocycles. The summed E-state index contributed by atoms with van der Waals surface area (Å²) in [4.78, 5) is 0. The second-order valence-corrected chi connectivity index (χ2v) is 7.09. The average molecular weight is 480 g/mol. The Kier molecular flexibility index (Phi) is 6.61. The summed E-state index contributed by atoms with van der Waals surface area (Å²) in [6.07, 6.45) is -9.08. The molecule has 3 aromatic rings. The molecule has 2 aromatic carbocycles. The number of aromatic hydroxyl groups is 1. The number of nitrogens with zero attached hydrogens (tertiary/aromatic N) is 1. The maximum Gasteiger partial charge on any atom is 0.435 e. The molecular formula is C20H16ClF6N3O2. The highest BCUT2D eigenvalue weighted by Gasteiger charge is 2.35. The third kappa shape index (κ3) is 4.94. The van der Waals surface area contributed by atoms with Gasteiger partial charge in [-0.05, 0) is 48.9 Å². The molecule has 12 heteroatoms. The molecule has 0 saturated carbocycles. The number of aromatic nitrogens is 2. The molecule has 172 valence electrons. The first kappa shape index (κ1) is 23.7. The molecule has 0 saturated heterocycles. The number of hydrogen-bond acceptors (Lipinski definition) is 4. The zero-order valence-corrected chi connectivity index (χ0v) is 16.9. The van der Waals surface area contributed by atoms with Gasteiger partial charge in [0.2, 0.25) is 0 Å². The number of benzene rings is 2. The van der Waals surface area contributed by atoms with Crippen LogP contribution in [-0.2, 0) is 12.4 Å². The third-order valence-corrected chi connectivity index (χ3v) is 4.79. The third-order valence-electron chi connectivity index (χ3n) is 4.46. The smallest absolute Gasteiger partial charge is 0.435 e. The van der Waals surface area contributed by atoms with Gasteiger partial charge >= 0.3 is 12.4 Å². The van der Waals surface area contributed by atoms with Gasteiger partial charge in [-0.1, -0.05) is 17.7 Å². The number of phenolic OH excluding ortho intramolecular Hbond substituents is 1. The molecule has 4 N–H and O–H groups in total. The minimum atomic E-state index is -4.77. The summed E-state index contributed by atoms with van der Waals surface area (Å²) in [5, 5.41) is 15.7. The van der Waals surface area contributed by atoms with Crippen molar-refractivity contribution in [3.8, 4) is 33.9 Å². The Bertz CT molecular complexity index is 1110. The molecule has 0 amide bonds. The van der Waals surface area contributed by atoms with Crippen molar-refractivity contribution in [3.05, 3.63) is 52.7 Å². The molecule has 0 radical (unpaired) electrons. The van der Waals surface area contributed by atoms with Crippen molar-refractivity contribution in [1.82, 2.24) is 10.2 Å². The van der Waals surface area contributed by atoms with E-state index in [1.807, 2.05) is 0 Å². The predicted octanol–water partition coefficient (Wildman–Crippen LogP) is 5.87. The van der Waals surface area contributed by atoms with Gasteiger partial charge in [-0.3, -0.25) is 5.10 Å². The van der Waals surface area contributed by atoms with Crippen molar-refractivity contribution >= 4 is 11.6 Å². The minimum Gasteiger partial charge on any atom is -0.506 e. The summed E-state index contributed by atoms with van der Waals surface area (Å²) in [5.41, 5.74) is 2.51. The molecule has 3 rings (SSSR count). The van der Waals surface area contributed by atoms with Crippen LogP contribution in [0.25, 0.3) is 22.4 Å². The van der Waals surface area contributed by atoms with Gasteiger partial charge in [-0.25, -0.2) is 0 Å². The lowest BCUT2D eigenvalue weighted by Crippen LogP contribution is -2.08. The van der Waals surface area contributed by atoms with E-state index in [0.717, 1.165) is 12.1 Å². The van der Waals surface area contributed by atoms with E-state index >= 15 is 0 Å². The van der Waals surface area contributed by atoms with Crippen LogP contribution in [0.5, 0.6) is 11.5 Å². The molecule has 1 aromatic heterocycles. The van der Waals surface area contributed by atoms with Gasteiger partial charge in [-0.2, -0.15) is 31.4 Å². The Morgan fingerprint density at radius 1 is 1.03 bits per heavy atom. The lowest BCUT2D eigenvalue weighted by atomic mass is 9.97. The fraction of sp³-hybridized carbons (Fsp3) is 0.250. The number of aromatic amines is 1. The number of phenols is 1. The highest BCUT2D eigenvalue weighted by Crippen LogP contribution is 2.46. The summed E-state index contributed by atoms with van der Waals surface area (Å²) in [5.74, 6) is -0.575. The predicted molar refractivity (Wildman–Crippen MR) is 105 cm³/mol. The molecule has 5 nitrogen and oxygen atoms in total. The topological polar surface area (TPSA) is 84.2 Å². The van der Waals surface area contributed by atoms with Gasteiger partial charge in [0.15, 0.2) is 5.69 Å². The summed E-state index contributed by atoms with van der Waals surface area (Å²) >= 11 is 5.68. The van der Waals surface area contributed by atoms with E-state index in [-0.39, 0.29) is 41.3 Å². The van der Waals surface area contributed by atoms with Crippen molar-refractivity contribution < 1.29 is 36.2 Å². The number of ether oxygens (including phenoxy) is 1. The molecule has 32 heavy (non-hydrogen) atoms. The number of halogens is 7. The van der Waals surface area contributed by atoms with Crippen molar-refractivity contribution in [3.63, 3.8) is 0 Å².